The second kappa shape index (κ2) is 9.84. The number of para-hydroxylation sites is 1. The number of ether oxygens (including phenoxy) is 1. The first-order valence-corrected chi connectivity index (χ1v) is 11.0. The zero-order chi connectivity index (χ0) is 20.8. The van der Waals surface area contributed by atoms with Gasteiger partial charge in [-0.05, 0) is 45.1 Å². The highest BCUT2D eigenvalue weighted by Gasteiger charge is 2.24. The monoisotopic (exact) mass is 415 g/mol. The molecule has 8 heteroatoms. The van der Waals surface area contributed by atoms with E-state index in [1.807, 2.05) is 38.2 Å². The molecule has 0 spiro atoms. The zero-order valence-corrected chi connectivity index (χ0v) is 18.4. The van der Waals surface area contributed by atoms with Gasteiger partial charge in [-0.2, -0.15) is 5.10 Å². The number of carbonyl (C=O) groups excluding carboxylic acids is 1. The molecule has 2 heterocycles. The van der Waals surface area contributed by atoms with Crippen molar-refractivity contribution >= 4 is 32.6 Å². The van der Waals surface area contributed by atoms with Gasteiger partial charge in [0.1, 0.15) is 11.3 Å². The Morgan fingerprint density at radius 1 is 1.14 bits per heavy atom. The molecule has 0 saturated carbocycles. The van der Waals surface area contributed by atoms with Crippen LogP contribution in [0.3, 0.4) is 0 Å². The summed E-state index contributed by atoms with van der Waals surface area (Å²) < 4.78 is 8.50. The van der Waals surface area contributed by atoms with Gasteiger partial charge in [-0.1, -0.05) is 31.3 Å². The van der Waals surface area contributed by atoms with Crippen LogP contribution in [0, 0.1) is 0 Å². The fourth-order valence-electron chi connectivity index (χ4n) is 3.15. The molecular weight excluding hydrogens is 386 g/mol. The van der Waals surface area contributed by atoms with Crippen LogP contribution in [0.25, 0.3) is 10.2 Å². The molecule has 2 aromatic heterocycles. The highest BCUT2D eigenvalue weighted by molar-refractivity contribution is 7.22. The standard InChI is InChI=1S/C21H29N5O2S/c1-5-24(6-2)14-15-26(20(27)16-12-13-25(7-3)23-16)21-22-19-17(28-8-4)10-9-11-18(19)29-21/h9-13H,5-8,14-15H2,1-4H3. The number of fused-ring (bicyclic) bond motifs is 1. The lowest BCUT2D eigenvalue weighted by atomic mass is 10.3. The largest absolute Gasteiger partial charge is 0.492 e. The van der Waals surface area contributed by atoms with Gasteiger partial charge in [-0.15, -0.1) is 0 Å². The van der Waals surface area contributed by atoms with Crippen LogP contribution >= 0.6 is 11.3 Å². The van der Waals surface area contributed by atoms with E-state index in [4.69, 9.17) is 9.72 Å². The lowest BCUT2D eigenvalue weighted by Gasteiger charge is -2.24. The lowest BCUT2D eigenvalue weighted by Crippen LogP contribution is -2.39. The topological polar surface area (TPSA) is 63.5 Å². The number of benzene rings is 1. The number of thiazole rings is 1. The summed E-state index contributed by atoms with van der Waals surface area (Å²) in [5.41, 5.74) is 1.24. The summed E-state index contributed by atoms with van der Waals surface area (Å²) in [4.78, 5) is 22.1. The van der Waals surface area contributed by atoms with Gasteiger partial charge in [0.15, 0.2) is 10.8 Å². The van der Waals surface area contributed by atoms with Crippen molar-refractivity contribution in [3.05, 3.63) is 36.2 Å². The molecule has 0 N–H and O–H groups in total. The van der Waals surface area contributed by atoms with Crippen LogP contribution in [-0.2, 0) is 6.54 Å². The molecule has 0 aliphatic heterocycles. The molecule has 0 saturated heterocycles. The van der Waals surface area contributed by atoms with Crippen LogP contribution in [0.2, 0.25) is 0 Å². The van der Waals surface area contributed by atoms with E-state index in [9.17, 15) is 4.79 Å². The van der Waals surface area contributed by atoms with E-state index >= 15 is 0 Å². The summed E-state index contributed by atoms with van der Waals surface area (Å²) in [7, 11) is 0. The van der Waals surface area contributed by atoms with Gasteiger partial charge in [0, 0.05) is 25.8 Å². The van der Waals surface area contributed by atoms with Crippen LogP contribution < -0.4 is 9.64 Å². The van der Waals surface area contributed by atoms with Crippen LogP contribution in [0.4, 0.5) is 5.13 Å². The second-order valence-electron chi connectivity index (χ2n) is 6.57. The molecule has 1 aromatic carbocycles. The number of amides is 1. The predicted octanol–water partition coefficient (Wildman–Crippen LogP) is 3.90. The summed E-state index contributed by atoms with van der Waals surface area (Å²) in [6.07, 6.45) is 1.83. The van der Waals surface area contributed by atoms with E-state index in [1.165, 1.54) is 11.3 Å². The highest BCUT2D eigenvalue weighted by Crippen LogP contribution is 2.34. The number of nitrogens with zero attached hydrogens (tertiary/aromatic N) is 5. The van der Waals surface area contributed by atoms with Crippen molar-refractivity contribution in [1.82, 2.24) is 19.7 Å². The van der Waals surface area contributed by atoms with Gasteiger partial charge in [-0.3, -0.25) is 14.4 Å². The Morgan fingerprint density at radius 3 is 2.59 bits per heavy atom. The van der Waals surface area contributed by atoms with Crippen molar-refractivity contribution in [3.63, 3.8) is 0 Å². The smallest absolute Gasteiger partial charge is 0.280 e. The number of anilines is 1. The molecule has 29 heavy (non-hydrogen) atoms. The summed E-state index contributed by atoms with van der Waals surface area (Å²) in [5.74, 6) is 0.625. The average molecular weight is 416 g/mol. The molecule has 0 aliphatic carbocycles. The molecule has 0 atom stereocenters. The summed E-state index contributed by atoms with van der Waals surface area (Å²) in [5, 5.41) is 5.08. The Kier molecular flexibility index (Phi) is 7.22. The van der Waals surface area contributed by atoms with E-state index in [2.05, 4.69) is 23.8 Å². The minimum Gasteiger partial charge on any atom is -0.492 e. The Hall–Kier alpha value is -2.45. The van der Waals surface area contributed by atoms with E-state index in [0.717, 1.165) is 42.1 Å². The third-order valence-electron chi connectivity index (χ3n) is 4.86. The summed E-state index contributed by atoms with van der Waals surface area (Å²) in [6, 6.07) is 7.66. The molecule has 0 aliphatic rings. The average Bonchev–Trinajstić information content (AvgIpc) is 3.38. The second-order valence-corrected chi connectivity index (χ2v) is 7.58. The van der Waals surface area contributed by atoms with Crippen LogP contribution in [-0.4, -0.2) is 58.4 Å². The molecule has 3 aromatic rings. The van der Waals surface area contributed by atoms with Crippen molar-refractivity contribution in [2.75, 3.05) is 37.7 Å². The third-order valence-corrected chi connectivity index (χ3v) is 5.91. The van der Waals surface area contributed by atoms with Gasteiger partial charge in [0.2, 0.25) is 0 Å². The Bertz CT molecular complexity index is 948. The van der Waals surface area contributed by atoms with Gasteiger partial charge in [-0.25, -0.2) is 4.98 Å². The Balaban J connectivity index is 1.96. The fraction of sp³-hybridized carbons (Fsp3) is 0.476. The van der Waals surface area contributed by atoms with Crippen LogP contribution in [0.1, 0.15) is 38.2 Å². The Morgan fingerprint density at radius 2 is 1.93 bits per heavy atom. The number of hydrogen-bond donors (Lipinski definition) is 0. The number of carbonyl (C=O) groups is 1. The maximum absolute atomic E-state index is 13.3. The van der Waals surface area contributed by atoms with Gasteiger partial charge in [0.25, 0.3) is 5.91 Å². The van der Waals surface area contributed by atoms with E-state index in [1.54, 1.807) is 15.6 Å². The van der Waals surface area contributed by atoms with E-state index in [-0.39, 0.29) is 5.91 Å². The molecule has 156 valence electrons. The van der Waals surface area contributed by atoms with E-state index in [0.29, 0.717) is 24.0 Å². The number of aromatic nitrogens is 3. The van der Waals surface area contributed by atoms with Gasteiger partial charge < -0.3 is 9.64 Å². The van der Waals surface area contributed by atoms with E-state index < -0.39 is 0 Å². The summed E-state index contributed by atoms with van der Waals surface area (Å²) in [6.45, 7) is 12.7. The van der Waals surface area contributed by atoms with Crippen LogP contribution in [0.15, 0.2) is 30.5 Å². The van der Waals surface area contributed by atoms with Crippen molar-refractivity contribution in [3.8, 4) is 5.75 Å². The lowest BCUT2D eigenvalue weighted by molar-refractivity contribution is 0.0978. The predicted molar refractivity (Wildman–Crippen MR) is 118 cm³/mol. The number of likely N-dealkylation sites (N-methyl/N-ethyl adjacent to an activating group) is 1. The first-order valence-electron chi connectivity index (χ1n) is 10.2. The quantitative estimate of drug-likeness (QED) is 0.502. The van der Waals surface area contributed by atoms with Crippen molar-refractivity contribution in [2.45, 2.75) is 34.2 Å². The maximum atomic E-state index is 13.3. The maximum Gasteiger partial charge on any atom is 0.280 e. The van der Waals surface area contributed by atoms with Crippen molar-refractivity contribution < 1.29 is 9.53 Å². The van der Waals surface area contributed by atoms with Crippen molar-refractivity contribution in [1.29, 1.82) is 0 Å². The first kappa shape index (κ1) is 21.3. The Labute approximate surface area is 175 Å². The number of aryl methyl sites for hydroxylation is 1. The molecule has 7 nitrogen and oxygen atoms in total. The first-order chi connectivity index (χ1) is 14.1. The van der Waals surface area contributed by atoms with Gasteiger partial charge in [0.05, 0.1) is 11.3 Å². The zero-order valence-electron chi connectivity index (χ0n) is 17.6. The van der Waals surface area contributed by atoms with Crippen molar-refractivity contribution in [2.24, 2.45) is 0 Å². The molecular formula is C21H29N5O2S. The molecule has 0 fully saturated rings. The number of rotatable bonds is 10. The molecule has 3 rings (SSSR count). The minimum atomic E-state index is -0.124. The molecule has 0 radical (unpaired) electrons. The number of hydrogen-bond acceptors (Lipinski definition) is 6. The SMILES string of the molecule is CCOc1cccc2sc(N(CCN(CC)CC)C(=O)c3ccn(CC)n3)nc12. The highest BCUT2D eigenvalue weighted by atomic mass is 32.1. The summed E-state index contributed by atoms with van der Waals surface area (Å²) >= 11 is 1.51. The van der Waals surface area contributed by atoms with Crippen LogP contribution in [0.5, 0.6) is 5.75 Å². The normalized spacial score (nSPS) is 11.3. The molecule has 0 unspecified atom stereocenters. The molecule has 1 amide bonds. The minimum absolute atomic E-state index is 0.124. The third kappa shape index (κ3) is 4.76. The molecule has 0 bridgehead atoms. The fourth-order valence-corrected chi connectivity index (χ4v) is 4.16. The van der Waals surface area contributed by atoms with Gasteiger partial charge >= 0.3 is 0 Å².